The van der Waals surface area contributed by atoms with E-state index < -0.39 is 29.8 Å². The molecule has 38 heavy (non-hydrogen) atoms. The Morgan fingerprint density at radius 2 is 1.61 bits per heavy atom. The van der Waals surface area contributed by atoms with Crippen molar-refractivity contribution in [3.63, 3.8) is 0 Å². The zero-order chi connectivity index (χ0) is 27.3. The number of hydrogen-bond donors (Lipinski definition) is 3. The normalized spacial score (nSPS) is 23.4. The molecular weight excluding hydrogens is 480 g/mol. The van der Waals surface area contributed by atoms with Crippen molar-refractivity contribution in [3.05, 3.63) is 71.8 Å². The van der Waals surface area contributed by atoms with E-state index in [0.717, 1.165) is 24.0 Å². The Morgan fingerprint density at radius 3 is 2.13 bits per heavy atom. The van der Waals surface area contributed by atoms with Gasteiger partial charge in [-0.05, 0) is 37.9 Å². The largest absolute Gasteiger partial charge is 0.358 e. The van der Waals surface area contributed by atoms with Crippen molar-refractivity contribution in [1.82, 2.24) is 20.9 Å². The Bertz CT molecular complexity index is 1070. The Morgan fingerprint density at radius 1 is 1.03 bits per heavy atom. The first-order chi connectivity index (χ1) is 18.3. The molecule has 2 aromatic rings. The third kappa shape index (κ3) is 5.47. The van der Waals surface area contributed by atoms with Crippen LogP contribution in [0.5, 0.6) is 0 Å². The van der Waals surface area contributed by atoms with Gasteiger partial charge in [-0.1, -0.05) is 74.5 Å². The van der Waals surface area contributed by atoms with E-state index in [1.165, 1.54) is 0 Å². The SMILES string of the molecule is CCC1(CC)CC2OCCC(NC(=O)[C@H](C)NC)C(=O)N2C1C(=O)NC(c1ccccc1)c1ccccc1. The third-order valence-electron chi connectivity index (χ3n) is 8.37. The van der Waals surface area contributed by atoms with Gasteiger partial charge in [-0.15, -0.1) is 0 Å². The van der Waals surface area contributed by atoms with E-state index in [-0.39, 0.29) is 23.8 Å². The first-order valence-corrected chi connectivity index (χ1v) is 13.7. The van der Waals surface area contributed by atoms with Crippen molar-refractivity contribution in [2.45, 2.75) is 76.8 Å². The predicted molar refractivity (Wildman–Crippen MR) is 146 cm³/mol. The summed E-state index contributed by atoms with van der Waals surface area (Å²) in [7, 11) is 1.70. The van der Waals surface area contributed by atoms with E-state index in [0.29, 0.717) is 19.4 Å². The molecule has 2 fully saturated rings. The number of carbonyl (C=O) groups is 3. The minimum absolute atomic E-state index is 0.207. The lowest BCUT2D eigenvalue weighted by Crippen LogP contribution is -2.59. The van der Waals surface area contributed by atoms with Gasteiger partial charge in [0, 0.05) is 18.3 Å². The van der Waals surface area contributed by atoms with Gasteiger partial charge in [0.25, 0.3) is 0 Å². The molecule has 0 aliphatic carbocycles. The number of likely N-dealkylation sites (N-methyl/N-ethyl adjacent to an activating group) is 1. The second kappa shape index (κ2) is 12.1. The van der Waals surface area contributed by atoms with Crippen molar-refractivity contribution in [3.8, 4) is 0 Å². The maximum atomic E-state index is 14.3. The summed E-state index contributed by atoms with van der Waals surface area (Å²) in [5, 5.41) is 9.08. The number of rotatable bonds is 9. The van der Waals surface area contributed by atoms with Gasteiger partial charge in [-0.25, -0.2) is 0 Å². The van der Waals surface area contributed by atoms with Crippen LogP contribution in [0.15, 0.2) is 60.7 Å². The number of amides is 3. The molecule has 3 amide bonds. The first kappa shape index (κ1) is 27.8. The fourth-order valence-electron chi connectivity index (χ4n) is 5.82. The maximum absolute atomic E-state index is 14.3. The third-order valence-corrected chi connectivity index (χ3v) is 8.37. The Balaban J connectivity index is 1.68. The summed E-state index contributed by atoms with van der Waals surface area (Å²) < 4.78 is 6.17. The van der Waals surface area contributed by atoms with Crippen LogP contribution in [0.4, 0.5) is 0 Å². The van der Waals surface area contributed by atoms with Gasteiger partial charge >= 0.3 is 0 Å². The maximum Gasteiger partial charge on any atom is 0.247 e. The monoisotopic (exact) mass is 520 g/mol. The minimum Gasteiger partial charge on any atom is -0.358 e. The standard InChI is InChI=1S/C30H40N4O4/c1-5-30(6-2)19-24-34(29(37)23(17-18-38-24)32-27(35)20(3)31-4)26(30)28(36)33-25(21-13-9-7-10-14-21)22-15-11-8-12-16-22/h7-16,20,23-26,31H,5-6,17-19H2,1-4H3,(H,32,35)(H,33,36)/t20-,23?,24?,26?/m0/s1. The molecule has 2 heterocycles. The summed E-state index contributed by atoms with van der Waals surface area (Å²) in [6.07, 6.45) is 1.89. The molecule has 3 unspecified atom stereocenters. The van der Waals surface area contributed by atoms with Crippen LogP contribution in [0.2, 0.25) is 0 Å². The highest BCUT2D eigenvalue weighted by Gasteiger charge is 2.57. The van der Waals surface area contributed by atoms with Crippen molar-refractivity contribution in [2.75, 3.05) is 13.7 Å². The summed E-state index contributed by atoms with van der Waals surface area (Å²) in [6, 6.07) is 17.4. The van der Waals surface area contributed by atoms with Gasteiger partial charge in [-0.3, -0.25) is 14.4 Å². The van der Waals surface area contributed by atoms with Gasteiger partial charge in [-0.2, -0.15) is 0 Å². The number of nitrogens with one attached hydrogen (secondary N) is 3. The number of benzene rings is 2. The van der Waals surface area contributed by atoms with Crippen molar-refractivity contribution in [2.24, 2.45) is 5.41 Å². The summed E-state index contributed by atoms with van der Waals surface area (Å²) >= 11 is 0. The molecule has 4 rings (SSSR count). The highest BCUT2D eigenvalue weighted by atomic mass is 16.5. The van der Waals surface area contributed by atoms with Crippen LogP contribution >= 0.6 is 0 Å². The Labute approximate surface area is 225 Å². The molecule has 2 aliphatic rings. The van der Waals surface area contributed by atoms with Crippen LogP contribution in [-0.4, -0.2) is 60.6 Å². The van der Waals surface area contributed by atoms with Crippen molar-refractivity contribution >= 4 is 17.7 Å². The molecule has 2 aromatic carbocycles. The molecule has 0 bridgehead atoms. The average molecular weight is 521 g/mol. The fraction of sp³-hybridized carbons (Fsp3) is 0.500. The Kier molecular flexibility index (Phi) is 8.84. The lowest BCUT2D eigenvalue weighted by Gasteiger charge is -2.37. The topological polar surface area (TPSA) is 99.8 Å². The molecule has 0 radical (unpaired) electrons. The van der Waals surface area contributed by atoms with Crippen LogP contribution in [-0.2, 0) is 19.1 Å². The highest BCUT2D eigenvalue weighted by Crippen LogP contribution is 2.48. The molecule has 0 aromatic heterocycles. The van der Waals surface area contributed by atoms with Crippen LogP contribution in [0.1, 0.15) is 63.6 Å². The molecular formula is C30H40N4O4. The van der Waals surface area contributed by atoms with Gasteiger partial charge in [0.15, 0.2) is 0 Å². The summed E-state index contributed by atoms with van der Waals surface area (Å²) in [5.41, 5.74) is 1.49. The molecule has 0 saturated carbocycles. The second-order valence-electron chi connectivity index (χ2n) is 10.4. The van der Waals surface area contributed by atoms with E-state index in [9.17, 15) is 14.4 Å². The smallest absolute Gasteiger partial charge is 0.247 e. The minimum atomic E-state index is -0.748. The lowest BCUT2D eigenvalue weighted by molar-refractivity contribution is -0.150. The zero-order valence-electron chi connectivity index (χ0n) is 22.8. The van der Waals surface area contributed by atoms with Crippen LogP contribution in [0.25, 0.3) is 0 Å². The number of hydrogen-bond acceptors (Lipinski definition) is 5. The number of carbonyl (C=O) groups excluding carboxylic acids is 3. The molecule has 0 spiro atoms. The highest BCUT2D eigenvalue weighted by molar-refractivity contribution is 5.94. The van der Waals surface area contributed by atoms with E-state index in [4.69, 9.17) is 4.74 Å². The van der Waals surface area contributed by atoms with E-state index in [1.807, 2.05) is 60.7 Å². The van der Waals surface area contributed by atoms with Crippen molar-refractivity contribution in [1.29, 1.82) is 0 Å². The van der Waals surface area contributed by atoms with Gasteiger partial charge < -0.3 is 25.6 Å². The van der Waals surface area contributed by atoms with E-state index >= 15 is 0 Å². The van der Waals surface area contributed by atoms with Crippen LogP contribution in [0.3, 0.4) is 0 Å². The molecule has 2 saturated heterocycles. The Hall–Kier alpha value is -3.23. The molecule has 4 atom stereocenters. The lowest BCUT2D eigenvalue weighted by atomic mass is 9.74. The molecule has 2 aliphatic heterocycles. The van der Waals surface area contributed by atoms with Gasteiger partial charge in [0.1, 0.15) is 18.3 Å². The second-order valence-corrected chi connectivity index (χ2v) is 10.4. The van der Waals surface area contributed by atoms with E-state index in [2.05, 4.69) is 29.8 Å². The molecule has 204 valence electrons. The van der Waals surface area contributed by atoms with Gasteiger partial charge in [0.2, 0.25) is 17.7 Å². The fourth-order valence-corrected chi connectivity index (χ4v) is 5.82. The van der Waals surface area contributed by atoms with E-state index in [1.54, 1.807) is 18.9 Å². The zero-order valence-corrected chi connectivity index (χ0v) is 22.8. The summed E-state index contributed by atoms with van der Waals surface area (Å²) in [6.45, 7) is 6.22. The molecule has 3 N–H and O–H groups in total. The summed E-state index contributed by atoms with van der Waals surface area (Å²) in [4.78, 5) is 42.5. The summed E-state index contributed by atoms with van der Waals surface area (Å²) in [5.74, 6) is -0.722. The predicted octanol–water partition coefficient (Wildman–Crippen LogP) is 3.14. The molecule has 8 heteroatoms. The number of nitrogens with zero attached hydrogens (tertiary/aromatic N) is 1. The van der Waals surface area contributed by atoms with Crippen molar-refractivity contribution < 1.29 is 19.1 Å². The number of fused-ring (bicyclic) bond motifs is 1. The number of ether oxygens (including phenoxy) is 1. The van der Waals surface area contributed by atoms with Crippen LogP contribution in [0, 0.1) is 5.41 Å². The quantitative estimate of drug-likeness (QED) is 0.472. The van der Waals surface area contributed by atoms with Crippen LogP contribution < -0.4 is 16.0 Å². The average Bonchev–Trinajstić information content (AvgIpc) is 3.22. The molecule has 8 nitrogen and oxygen atoms in total. The first-order valence-electron chi connectivity index (χ1n) is 13.7. The van der Waals surface area contributed by atoms with Gasteiger partial charge in [0.05, 0.1) is 18.7 Å².